The predicted octanol–water partition coefficient (Wildman–Crippen LogP) is 3.38. The average Bonchev–Trinajstić information content (AvgIpc) is 2.51. The summed E-state index contributed by atoms with van der Waals surface area (Å²) < 4.78 is 16.4. The highest BCUT2D eigenvalue weighted by Gasteiger charge is 2.33. The van der Waals surface area contributed by atoms with Gasteiger partial charge in [0.2, 0.25) is 0 Å². The van der Waals surface area contributed by atoms with Crippen LogP contribution in [0, 0.1) is 5.41 Å². The van der Waals surface area contributed by atoms with Crippen molar-refractivity contribution in [2.75, 3.05) is 33.0 Å². The van der Waals surface area contributed by atoms with E-state index in [1.165, 1.54) is 0 Å². The number of ether oxygens (including phenoxy) is 3. The Morgan fingerprint density at radius 2 is 1.87 bits per heavy atom. The van der Waals surface area contributed by atoms with Gasteiger partial charge in [0.25, 0.3) is 0 Å². The minimum Gasteiger partial charge on any atom is -0.493 e. The topological polar surface area (TPSA) is 65.0 Å². The molecule has 0 saturated carbocycles. The van der Waals surface area contributed by atoms with Crippen LogP contribution in [0.4, 0.5) is 0 Å². The number of carbonyl (C=O) groups is 1. The van der Waals surface area contributed by atoms with Crippen LogP contribution in [0.3, 0.4) is 0 Å². The van der Waals surface area contributed by atoms with E-state index in [1.54, 1.807) is 24.3 Å². The first-order chi connectivity index (χ1) is 11.1. The van der Waals surface area contributed by atoms with Crippen LogP contribution in [0.5, 0.6) is 5.75 Å². The van der Waals surface area contributed by atoms with Crippen LogP contribution in [0.1, 0.15) is 43.0 Å². The Balaban J connectivity index is 1.49. The first-order valence-electron chi connectivity index (χ1n) is 8.21. The van der Waals surface area contributed by atoms with E-state index in [2.05, 4.69) is 6.92 Å². The molecule has 23 heavy (non-hydrogen) atoms. The third-order valence-electron chi connectivity index (χ3n) is 3.91. The molecule has 1 aliphatic heterocycles. The molecule has 0 spiro atoms. The van der Waals surface area contributed by atoms with Crippen molar-refractivity contribution in [3.63, 3.8) is 0 Å². The van der Waals surface area contributed by atoms with Crippen LogP contribution in [0.2, 0.25) is 0 Å². The molecule has 1 aliphatic rings. The number of benzene rings is 1. The minimum absolute atomic E-state index is 0.217. The van der Waals surface area contributed by atoms with Gasteiger partial charge >= 0.3 is 5.97 Å². The SMILES string of the molecule is CC1(COCCCCCCOc2ccccc2C(=O)O)COC1. The molecular formula is C18H26O5. The zero-order chi connectivity index (χ0) is 16.5. The quantitative estimate of drug-likeness (QED) is 0.633. The van der Waals surface area contributed by atoms with Gasteiger partial charge in [0.05, 0.1) is 26.4 Å². The van der Waals surface area contributed by atoms with Crippen molar-refractivity contribution in [1.29, 1.82) is 0 Å². The van der Waals surface area contributed by atoms with E-state index in [0.717, 1.165) is 52.1 Å². The molecule has 1 aromatic carbocycles. The maximum Gasteiger partial charge on any atom is 0.339 e. The Morgan fingerprint density at radius 1 is 1.17 bits per heavy atom. The van der Waals surface area contributed by atoms with Crippen molar-refractivity contribution in [3.8, 4) is 5.75 Å². The lowest BCUT2D eigenvalue weighted by Gasteiger charge is -2.37. The van der Waals surface area contributed by atoms with Gasteiger partial charge in [-0.05, 0) is 31.4 Å². The van der Waals surface area contributed by atoms with Crippen LogP contribution >= 0.6 is 0 Å². The van der Waals surface area contributed by atoms with Crippen molar-refractivity contribution >= 4 is 5.97 Å². The summed E-state index contributed by atoms with van der Waals surface area (Å²) in [6.45, 7) is 5.91. The summed E-state index contributed by atoms with van der Waals surface area (Å²) in [5.41, 5.74) is 0.445. The van der Waals surface area contributed by atoms with Crippen LogP contribution in [0.25, 0.3) is 0 Å². The first kappa shape index (κ1) is 17.8. The van der Waals surface area contributed by atoms with E-state index in [-0.39, 0.29) is 11.0 Å². The van der Waals surface area contributed by atoms with Crippen molar-refractivity contribution in [3.05, 3.63) is 29.8 Å². The predicted molar refractivity (Wildman–Crippen MR) is 87.1 cm³/mol. The fourth-order valence-electron chi connectivity index (χ4n) is 2.46. The molecule has 5 nitrogen and oxygen atoms in total. The lowest BCUT2D eigenvalue weighted by molar-refractivity contribution is -0.137. The van der Waals surface area contributed by atoms with Gasteiger partial charge in [-0.25, -0.2) is 4.79 Å². The van der Waals surface area contributed by atoms with Crippen LogP contribution in [-0.4, -0.2) is 44.1 Å². The first-order valence-corrected chi connectivity index (χ1v) is 8.21. The molecule has 0 radical (unpaired) electrons. The second-order valence-electron chi connectivity index (χ2n) is 6.42. The fraction of sp³-hybridized carbons (Fsp3) is 0.611. The van der Waals surface area contributed by atoms with Gasteiger partial charge in [0, 0.05) is 12.0 Å². The number of unbranched alkanes of at least 4 members (excludes halogenated alkanes) is 3. The zero-order valence-electron chi connectivity index (χ0n) is 13.8. The second-order valence-corrected chi connectivity index (χ2v) is 6.42. The van der Waals surface area contributed by atoms with Gasteiger partial charge in [0.15, 0.2) is 0 Å². The molecule has 0 amide bonds. The molecule has 1 heterocycles. The number of para-hydroxylation sites is 1. The number of carboxylic acid groups (broad SMARTS) is 1. The maximum atomic E-state index is 11.1. The lowest BCUT2D eigenvalue weighted by atomic mass is 9.90. The van der Waals surface area contributed by atoms with E-state index in [4.69, 9.17) is 19.3 Å². The number of hydrogen-bond donors (Lipinski definition) is 1. The monoisotopic (exact) mass is 322 g/mol. The summed E-state index contributed by atoms with van der Waals surface area (Å²) in [7, 11) is 0. The normalized spacial score (nSPS) is 15.9. The smallest absolute Gasteiger partial charge is 0.339 e. The van der Waals surface area contributed by atoms with E-state index in [1.807, 2.05) is 0 Å². The van der Waals surface area contributed by atoms with Crippen LogP contribution in [0.15, 0.2) is 24.3 Å². The zero-order valence-corrected chi connectivity index (χ0v) is 13.8. The molecule has 1 saturated heterocycles. The molecule has 0 aliphatic carbocycles. The van der Waals surface area contributed by atoms with E-state index < -0.39 is 5.97 Å². The standard InChI is InChI=1S/C18H26O5/c1-18(13-22-14-18)12-21-10-6-2-3-7-11-23-16-9-5-4-8-15(16)17(19)20/h4-5,8-9H,2-3,6-7,10-14H2,1H3,(H,19,20). The van der Waals surface area contributed by atoms with Gasteiger partial charge in [-0.2, -0.15) is 0 Å². The Kier molecular flexibility index (Phi) is 6.86. The van der Waals surface area contributed by atoms with E-state index in [0.29, 0.717) is 12.4 Å². The Bertz CT molecular complexity index is 496. The lowest BCUT2D eigenvalue weighted by Crippen LogP contribution is -2.43. The van der Waals surface area contributed by atoms with Gasteiger partial charge in [0.1, 0.15) is 11.3 Å². The molecule has 2 rings (SSSR count). The molecule has 1 aromatic rings. The van der Waals surface area contributed by atoms with Crippen LogP contribution in [-0.2, 0) is 9.47 Å². The Labute approximate surface area is 137 Å². The molecule has 0 atom stereocenters. The third-order valence-corrected chi connectivity index (χ3v) is 3.91. The highest BCUT2D eigenvalue weighted by Crippen LogP contribution is 2.26. The largest absolute Gasteiger partial charge is 0.493 e. The highest BCUT2D eigenvalue weighted by molar-refractivity contribution is 5.90. The Morgan fingerprint density at radius 3 is 2.52 bits per heavy atom. The second kappa shape index (κ2) is 8.89. The molecule has 0 aromatic heterocycles. The number of carboxylic acids is 1. The summed E-state index contributed by atoms with van der Waals surface area (Å²) >= 11 is 0. The van der Waals surface area contributed by atoms with E-state index >= 15 is 0 Å². The molecule has 128 valence electrons. The van der Waals surface area contributed by atoms with Gasteiger partial charge in [-0.15, -0.1) is 0 Å². The van der Waals surface area contributed by atoms with Crippen LogP contribution < -0.4 is 4.74 Å². The summed E-state index contributed by atoms with van der Waals surface area (Å²) in [5.74, 6) is -0.511. The number of aromatic carboxylic acids is 1. The minimum atomic E-state index is -0.955. The van der Waals surface area contributed by atoms with Crippen molar-refractivity contribution < 1.29 is 24.1 Å². The van der Waals surface area contributed by atoms with Crippen molar-refractivity contribution in [2.24, 2.45) is 5.41 Å². The van der Waals surface area contributed by atoms with Gasteiger partial charge in [-0.3, -0.25) is 0 Å². The average molecular weight is 322 g/mol. The van der Waals surface area contributed by atoms with Crippen molar-refractivity contribution in [2.45, 2.75) is 32.6 Å². The Hall–Kier alpha value is -1.59. The fourth-order valence-corrected chi connectivity index (χ4v) is 2.46. The van der Waals surface area contributed by atoms with Gasteiger partial charge < -0.3 is 19.3 Å². The maximum absolute atomic E-state index is 11.1. The van der Waals surface area contributed by atoms with Crippen molar-refractivity contribution in [1.82, 2.24) is 0 Å². The van der Waals surface area contributed by atoms with Gasteiger partial charge in [-0.1, -0.05) is 25.5 Å². The molecule has 0 bridgehead atoms. The molecule has 1 fully saturated rings. The summed E-state index contributed by atoms with van der Waals surface area (Å²) in [4.78, 5) is 11.1. The number of hydrogen-bond acceptors (Lipinski definition) is 4. The highest BCUT2D eigenvalue weighted by atomic mass is 16.5. The number of rotatable bonds is 11. The molecular weight excluding hydrogens is 296 g/mol. The molecule has 1 N–H and O–H groups in total. The summed E-state index contributed by atoms with van der Waals surface area (Å²) in [6.07, 6.45) is 4.11. The third kappa shape index (κ3) is 5.84. The van der Waals surface area contributed by atoms with E-state index in [9.17, 15) is 4.79 Å². The summed E-state index contributed by atoms with van der Waals surface area (Å²) in [5, 5.41) is 9.07. The molecule has 5 heteroatoms. The molecule has 0 unspecified atom stereocenters. The summed E-state index contributed by atoms with van der Waals surface area (Å²) in [6, 6.07) is 6.74.